The third kappa shape index (κ3) is 3.82. The molecule has 4 nitrogen and oxygen atoms in total. The summed E-state index contributed by atoms with van der Waals surface area (Å²) < 4.78 is 0. The van der Waals surface area contributed by atoms with Crippen LogP contribution in [0.15, 0.2) is 125 Å². The number of oxime groups is 1. The summed E-state index contributed by atoms with van der Waals surface area (Å²) in [7, 11) is 0. The number of carbonyl (C=O) groups is 1. The van der Waals surface area contributed by atoms with E-state index in [0.717, 1.165) is 39.1 Å². The summed E-state index contributed by atoms with van der Waals surface area (Å²) in [5.41, 5.74) is 6.94. The summed E-state index contributed by atoms with van der Waals surface area (Å²) in [5.74, 6) is -0.412. The van der Waals surface area contributed by atoms with Crippen molar-refractivity contribution in [2.45, 2.75) is 19.9 Å². The monoisotopic (exact) mass is 482 g/mol. The Morgan fingerprint density at radius 3 is 1.92 bits per heavy atom. The molecule has 0 bridgehead atoms. The number of benzene rings is 4. The van der Waals surface area contributed by atoms with Gasteiger partial charge in [-0.2, -0.15) is 0 Å². The van der Waals surface area contributed by atoms with E-state index >= 15 is 0 Å². The van der Waals surface area contributed by atoms with Crippen LogP contribution in [-0.2, 0) is 9.63 Å². The van der Waals surface area contributed by atoms with Crippen LogP contribution in [0.5, 0.6) is 0 Å². The van der Waals surface area contributed by atoms with Gasteiger partial charge in [0, 0.05) is 16.7 Å². The van der Waals surface area contributed by atoms with Gasteiger partial charge in [-0.1, -0.05) is 125 Å². The van der Waals surface area contributed by atoms with E-state index in [9.17, 15) is 4.79 Å². The van der Waals surface area contributed by atoms with Gasteiger partial charge in [-0.05, 0) is 31.1 Å². The Balaban J connectivity index is 1.66. The van der Waals surface area contributed by atoms with E-state index in [0.29, 0.717) is 5.71 Å². The second kappa shape index (κ2) is 9.14. The van der Waals surface area contributed by atoms with Gasteiger partial charge in [-0.25, -0.2) is 4.79 Å². The normalized spacial score (nSPS) is 21.7. The van der Waals surface area contributed by atoms with Crippen molar-refractivity contribution in [3.63, 3.8) is 0 Å². The van der Waals surface area contributed by atoms with Gasteiger partial charge in [0.15, 0.2) is 5.41 Å². The van der Waals surface area contributed by atoms with Crippen LogP contribution < -0.4 is 0 Å². The highest BCUT2D eigenvalue weighted by Gasteiger charge is 2.63. The Labute approximate surface area is 216 Å². The highest BCUT2D eigenvalue weighted by atomic mass is 16.7. The number of hydrogen-bond acceptors (Lipinski definition) is 4. The van der Waals surface area contributed by atoms with Crippen LogP contribution in [0, 0.1) is 19.3 Å². The van der Waals surface area contributed by atoms with Gasteiger partial charge in [0.1, 0.15) is 11.8 Å². The molecule has 2 atom stereocenters. The standard InChI is InChI=1S/C33H26N2O2/c1-22-13-17-24(18-14-22)21-28-29(25-9-5-3-6-10-25)34-30(27-19-15-23(2)16-20-27)33(28)31(35-37-32(33)36)26-11-7-4-8-12-26/h3-21,30H,1-2H3/b28-21-/t30-,33-/m1/s1. The maximum absolute atomic E-state index is 14.0. The largest absolute Gasteiger partial charge is 0.354 e. The topological polar surface area (TPSA) is 51.0 Å². The zero-order valence-electron chi connectivity index (χ0n) is 20.8. The molecule has 0 unspecified atom stereocenters. The van der Waals surface area contributed by atoms with Crippen LogP contribution in [0.25, 0.3) is 6.08 Å². The molecule has 0 aromatic heterocycles. The summed E-state index contributed by atoms with van der Waals surface area (Å²) >= 11 is 0. The summed E-state index contributed by atoms with van der Waals surface area (Å²) in [6.07, 6.45) is 2.07. The van der Waals surface area contributed by atoms with E-state index in [1.54, 1.807) is 0 Å². The van der Waals surface area contributed by atoms with Crippen LogP contribution in [0.3, 0.4) is 0 Å². The van der Waals surface area contributed by atoms with Crippen LogP contribution in [0.2, 0.25) is 0 Å². The highest BCUT2D eigenvalue weighted by Crippen LogP contribution is 2.55. The van der Waals surface area contributed by atoms with E-state index in [1.165, 1.54) is 5.56 Å². The minimum atomic E-state index is -1.23. The summed E-state index contributed by atoms with van der Waals surface area (Å²) in [6.45, 7) is 4.11. The van der Waals surface area contributed by atoms with Crippen molar-refractivity contribution in [3.05, 3.63) is 148 Å². The smallest absolute Gasteiger partial charge is 0.316 e. The molecular formula is C33H26N2O2. The van der Waals surface area contributed by atoms with Gasteiger partial charge >= 0.3 is 5.97 Å². The first kappa shape index (κ1) is 22.9. The third-order valence-electron chi connectivity index (χ3n) is 7.14. The molecule has 0 fully saturated rings. The molecule has 4 heteroatoms. The molecule has 0 N–H and O–H groups in total. The SMILES string of the molecule is Cc1ccc(/C=C2/C(c3ccccc3)=N[C@H](c3ccc(C)cc3)[C@]23C(=O)ON=C3c2ccccc2)cc1. The fourth-order valence-electron chi connectivity index (χ4n) is 5.22. The highest BCUT2D eigenvalue weighted by molar-refractivity contribution is 6.32. The maximum atomic E-state index is 14.0. The van der Waals surface area contributed by atoms with E-state index in [-0.39, 0.29) is 0 Å². The zero-order valence-corrected chi connectivity index (χ0v) is 20.8. The van der Waals surface area contributed by atoms with Gasteiger partial charge in [-0.15, -0.1) is 0 Å². The lowest BCUT2D eigenvalue weighted by molar-refractivity contribution is -0.147. The third-order valence-corrected chi connectivity index (χ3v) is 7.14. The van der Waals surface area contributed by atoms with Gasteiger partial charge in [0.25, 0.3) is 0 Å². The minimum absolute atomic E-state index is 0.412. The summed E-state index contributed by atoms with van der Waals surface area (Å²) in [6, 6.07) is 35.8. The predicted octanol–water partition coefficient (Wildman–Crippen LogP) is 6.88. The Kier molecular flexibility index (Phi) is 5.65. The second-order valence-corrected chi connectivity index (χ2v) is 9.62. The fourth-order valence-corrected chi connectivity index (χ4v) is 5.22. The van der Waals surface area contributed by atoms with Crippen molar-refractivity contribution in [1.29, 1.82) is 0 Å². The molecule has 0 saturated heterocycles. The van der Waals surface area contributed by atoms with Crippen LogP contribution in [-0.4, -0.2) is 17.4 Å². The van der Waals surface area contributed by atoms with Gasteiger partial charge in [-0.3, -0.25) is 4.99 Å². The molecule has 2 aliphatic heterocycles. The second-order valence-electron chi connectivity index (χ2n) is 9.62. The number of nitrogens with zero attached hydrogens (tertiary/aromatic N) is 2. The van der Waals surface area contributed by atoms with Gasteiger partial charge in [0.2, 0.25) is 0 Å². The first-order valence-electron chi connectivity index (χ1n) is 12.4. The fraction of sp³-hybridized carbons (Fsp3) is 0.121. The molecule has 2 heterocycles. The van der Waals surface area contributed by atoms with E-state index in [2.05, 4.69) is 73.6 Å². The average molecular weight is 483 g/mol. The van der Waals surface area contributed by atoms with Crippen molar-refractivity contribution in [2.75, 3.05) is 0 Å². The maximum Gasteiger partial charge on any atom is 0.354 e. The quantitative estimate of drug-likeness (QED) is 0.298. The zero-order chi connectivity index (χ0) is 25.4. The lowest BCUT2D eigenvalue weighted by atomic mass is 9.67. The number of hydrogen-bond donors (Lipinski definition) is 0. The molecule has 1 spiro atoms. The molecule has 4 aromatic rings. The van der Waals surface area contributed by atoms with E-state index in [1.807, 2.05) is 60.7 Å². The van der Waals surface area contributed by atoms with E-state index in [4.69, 9.17) is 9.83 Å². The molecule has 6 rings (SSSR count). The molecule has 0 radical (unpaired) electrons. The molecule has 2 aliphatic rings. The van der Waals surface area contributed by atoms with Crippen LogP contribution >= 0.6 is 0 Å². The Bertz CT molecular complexity index is 1550. The Morgan fingerprint density at radius 1 is 0.730 bits per heavy atom. The van der Waals surface area contributed by atoms with Gasteiger partial charge < -0.3 is 4.84 Å². The molecule has 0 amide bonds. The van der Waals surface area contributed by atoms with Crippen molar-refractivity contribution in [3.8, 4) is 0 Å². The van der Waals surface area contributed by atoms with Gasteiger partial charge in [0.05, 0.1) is 5.71 Å². The molecule has 0 saturated carbocycles. The predicted molar refractivity (Wildman–Crippen MR) is 148 cm³/mol. The average Bonchev–Trinajstić information content (AvgIpc) is 3.45. The molecular weight excluding hydrogens is 456 g/mol. The van der Waals surface area contributed by atoms with Crippen molar-refractivity contribution < 1.29 is 9.63 Å². The first-order chi connectivity index (χ1) is 18.1. The number of aryl methyl sites for hydroxylation is 2. The Morgan fingerprint density at radius 2 is 1.30 bits per heavy atom. The van der Waals surface area contributed by atoms with E-state index < -0.39 is 17.4 Å². The number of carbonyl (C=O) groups excluding carboxylic acids is 1. The summed E-state index contributed by atoms with van der Waals surface area (Å²) in [5, 5.41) is 4.40. The van der Waals surface area contributed by atoms with Crippen LogP contribution in [0.1, 0.15) is 39.4 Å². The Hall–Kier alpha value is -4.57. The van der Waals surface area contributed by atoms with Crippen molar-refractivity contribution in [2.24, 2.45) is 15.6 Å². The minimum Gasteiger partial charge on any atom is -0.316 e. The number of rotatable bonds is 4. The first-order valence-corrected chi connectivity index (χ1v) is 12.4. The van der Waals surface area contributed by atoms with Crippen LogP contribution in [0.4, 0.5) is 0 Å². The summed E-state index contributed by atoms with van der Waals surface area (Å²) in [4.78, 5) is 24.8. The lowest BCUT2D eigenvalue weighted by Gasteiger charge is -2.29. The van der Waals surface area contributed by atoms with Crippen molar-refractivity contribution in [1.82, 2.24) is 0 Å². The number of aliphatic imine (C=N–C) groups is 1. The molecule has 37 heavy (non-hydrogen) atoms. The molecule has 180 valence electrons. The molecule has 4 aromatic carbocycles. The van der Waals surface area contributed by atoms with Crippen molar-refractivity contribution >= 4 is 23.5 Å². The lowest BCUT2D eigenvalue weighted by Crippen LogP contribution is -2.41. The molecule has 0 aliphatic carbocycles.